The molecule has 3 aromatic rings. The van der Waals surface area contributed by atoms with Crippen LogP contribution in [0.15, 0.2) is 48.7 Å². The predicted molar refractivity (Wildman–Crippen MR) is 109 cm³/mol. The number of aryl methyl sites for hydroxylation is 1. The van der Waals surface area contributed by atoms with Gasteiger partial charge in [-0.25, -0.2) is 4.57 Å². The van der Waals surface area contributed by atoms with E-state index < -0.39 is 0 Å². The highest BCUT2D eigenvalue weighted by molar-refractivity contribution is 5.94. The van der Waals surface area contributed by atoms with Crippen molar-refractivity contribution >= 4 is 29.0 Å². The average Bonchev–Trinajstić information content (AvgIpc) is 3.30. The van der Waals surface area contributed by atoms with E-state index in [0.29, 0.717) is 6.54 Å². The number of pyridine rings is 1. The van der Waals surface area contributed by atoms with E-state index >= 15 is 0 Å². The lowest BCUT2D eigenvalue weighted by Crippen LogP contribution is -3.00. The molecular formula is C23H26IN3O. The third kappa shape index (κ3) is 3.99. The Morgan fingerprint density at radius 1 is 1.07 bits per heavy atom. The predicted octanol–water partition coefficient (Wildman–Crippen LogP) is 0.571. The number of carbonyl (C=O) groups is 1. The first-order valence-electron chi connectivity index (χ1n) is 9.63. The fourth-order valence-corrected chi connectivity index (χ4v) is 3.95. The number of hydrogen-bond donors (Lipinski definition) is 0. The van der Waals surface area contributed by atoms with Crippen molar-refractivity contribution in [3.8, 4) is 0 Å². The smallest absolute Gasteiger partial charge is 0.242 e. The second-order valence-corrected chi connectivity index (χ2v) is 7.26. The summed E-state index contributed by atoms with van der Waals surface area (Å²) in [6.07, 6.45) is 8.61. The molecule has 5 heteroatoms. The molecule has 4 nitrogen and oxygen atoms in total. The lowest BCUT2D eigenvalue weighted by Gasteiger charge is -2.17. The first-order valence-corrected chi connectivity index (χ1v) is 9.63. The van der Waals surface area contributed by atoms with Gasteiger partial charge in [-0.2, -0.15) is 0 Å². The van der Waals surface area contributed by atoms with Crippen LogP contribution in [0.4, 0.5) is 0 Å². The largest absolute Gasteiger partial charge is 1.00 e. The fraction of sp³-hybridized carbons (Fsp3) is 0.304. The maximum absolute atomic E-state index is 12.7. The van der Waals surface area contributed by atoms with Gasteiger partial charge in [0.05, 0.1) is 0 Å². The number of amides is 1. The molecular weight excluding hydrogens is 461 g/mol. The van der Waals surface area contributed by atoms with Crippen LogP contribution >= 0.6 is 0 Å². The summed E-state index contributed by atoms with van der Waals surface area (Å²) in [6.45, 7) is 4.32. The molecule has 1 aromatic carbocycles. The van der Waals surface area contributed by atoms with Crippen molar-refractivity contribution in [1.29, 1.82) is 0 Å². The molecule has 1 aliphatic heterocycles. The van der Waals surface area contributed by atoms with E-state index in [0.717, 1.165) is 42.8 Å². The summed E-state index contributed by atoms with van der Waals surface area (Å²) >= 11 is 0. The molecule has 1 amide bonds. The maximum Gasteiger partial charge on any atom is 0.242 e. The zero-order chi connectivity index (χ0) is 18.8. The fourth-order valence-electron chi connectivity index (χ4n) is 3.95. The van der Waals surface area contributed by atoms with E-state index in [1.807, 2.05) is 36.3 Å². The lowest BCUT2D eigenvalue weighted by atomic mass is 10.1. The molecule has 0 N–H and O–H groups in total. The minimum atomic E-state index is 0. The number of aromatic nitrogens is 2. The summed E-state index contributed by atoms with van der Waals surface area (Å²) in [6, 6.07) is 14.5. The van der Waals surface area contributed by atoms with Gasteiger partial charge >= 0.3 is 0 Å². The molecule has 0 unspecified atom stereocenters. The Hall–Kier alpha value is -2.15. The summed E-state index contributed by atoms with van der Waals surface area (Å²) in [5.74, 6) is 0.223. The zero-order valence-corrected chi connectivity index (χ0v) is 18.6. The molecule has 0 aliphatic carbocycles. The van der Waals surface area contributed by atoms with E-state index in [1.54, 1.807) is 0 Å². The Kier molecular flexibility index (Phi) is 6.54. The topological polar surface area (TPSA) is 29.1 Å². The van der Waals surface area contributed by atoms with Crippen LogP contribution in [-0.4, -0.2) is 28.5 Å². The number of hydrogen-bond acceptors (Lipinski definition) is 1. The van der Waals surface area contributed by atoms with Gasteiger partial charge in [0.2, 0.25) is 11.6 Å². The number of carbonyl (C=O) groups excluding carboxylic acids is 1. The summed E-state index contributed by atoms with van der Waals surface area (Å²) in [5, 5.41) is 1.19. The van der Waals surface area contributed by atoms with Crippen molar-refractivity contribution in [3.05, 3.63) is 65.6 Å². The van der Waals surface area contributed by atoms with Crippen molar-refractivity contribution in [2.75, 3.05) is 13.1 Å². The number of rotatable bonds is 4. The molecule has 0 saturated carbocycles. The average molecular weight is 487 g/mol. The summed E-state index contributed by atoms with van der Waals surface area (Å²) in [5.41, 5.74) is 4.59. The van der Waals surface area contributed by atoms with Crippen molar-refractivity contribution in [1.82, 2.24) is 9.47 Å². The minimum absolute atomic E-state index is 0. The summed E-state index contributed by atoms with van der Waals surface area (Å²) < 4.78 is 4.27. The molecule has 0 radical (unpaired) electrons. The van der Waals surface area contributed by atoms with Crippen molar-refractivity contribution in [3.63, 3.8) is 0 Å². The highest BCUT2D eigenvalue weighted by Crippen LogP contribution is 2.28. The van der Waals surface area contributed by atoms with Crippen LogP contribution in [0.2, 0.25) is 0 Å². The van der Waals surface area contributed by atoms with Gasteiger partial charge < -0.3 is 33.4 Å². The number of nitrogens with zero attached hydrogens (tertiary/aromatic N) is 3. The van der Waals surface area contributed by atoms with Gasteiger partial charge in [-0.3, -0.25) is 4.79 Å². The maximum atomic E-state index is 12.7. The Balaban J connectivity index is 0.00000225. The normalized spacial score (nSPS) is 14.0. The molecule has 1 saturated heterocycles. The van der Waals surface area contributed by atoms with Crippen molar-refractivity contribution in [2.24, 2.45) is 7.05 Å². The molecule has 2 aromatic heterocycles. The Labute approximate surface area is 183 Å². The Morgan fingerprint density at radius 3 is 2.54 bits per heavy atom. The van der Waals surface area contributed by atoms with E-state index in [4.69, 9.17) is 0 Å². The third-order valence-corrected chi connectivity index (χ3v) is 5.55. The van der Waals surface area contributed by atoms with Gasteiger partial charge in [0.25, 0.3) is 0 Å². The summed E-state index contributed by atoms with van der Waals surface area (Å²) in [4.78, 5) is 14.7. The molecule has 0 atom stereocenters. The van der Waals surface area contributed by atoms with Crippen molar-refractivity contribution in [2.45, 2.75) is 26.3 Å². The first kappa shape index (κ1) is 20.6. The molecule has 28 heavy (non-hydrogen) atoms. The SMILES string of the molecule is Cc1c(/C=C/c2cccc[n+]2C)c2ccccc2n1CC(=O)N1CCCC1.[I-]. The van der Waals surface area contributed by atoms with E-state index in [-0.39, 0.29) is 29.9 Å². The van der Waals surface area contributed by atoms with Gasteiger partial charge in [0, 0.05) is 53.5 Å². The van der Waals surface area contributed by atoms with E-state index in [9.17, 15) is 4.79 Å². The second-order valence-electron chi connectivity index (χ2n) is 7.26. The number of halogens is 1. The Morgan fingerprint density at radius 2 is 1.79 bits per heavy atom. The number of fused-ring (bicyclic) bond motifs is 1. The van der Waals surface area contributed by atoms with Crippen LogP contribution in [0.5, 0.6) is 0 Å². The van der Waals surface area contributed by atoms with Crippen molar-refractivity contribution < 1.29 is 33.3 Å². The molecule has 0 bridgehead atoms. The monoisotopic (exact) mass is 487 g/mol. The molecule has 4 rings (SSSR count). The quantitative estimate of drug-likeness (QED) is 0.391. The first-order chi connectivity index (χ1) is 13.1. The van der Waals surface area contributed by atoms with Gasteiger partial charge in [0.1, 0.15) is 13.6 Å². The van der Waals surface area contributed by atoms with Crippen LogP contribution in [0.3, 0.4) is 0 Å². The molecule has 1 fully saturated rings. The van der Waals surface area contributed by atoms with Crippen LogP contribution in [0, 0.1) is 6.92 Å². The summed E-state index contributed by atoms with van der Waals surface area (Å²) in [7, 11) is 2.05. The molecule has 146 valence electrons. The van der Waals surface area contributed by atoms with Crippen LogP contribution in [0.25, 0.3) is 23.1 Å². The van der Waals surface area contributed by atoms with Crippen LogP contribution < -0.4 is 28.5 Å². The standard InChI is InChI=1S/C23H26N3O.HI/c1-18-20(13-12-19-9-5-6-14-24(19)2)21-10-3-4-11-22(21)26(18)17-23(27)25-15-7-8-16-25;/h3-6,9-14H,7-8,15-17H2,1-2H3;1H/q+1;/p-1. The molecule has 0 spiro atoms. The molecule has 1 aliphatic rings. The Bertz CT molecular complexity index is 1020. The number of para-hydroxylation sites is 1. The third-order valence-electron chi connectivity index (χ3n) is 5.55. The van der Waals surface area contributed by atoms with Crippen LogP contribution in [-0.2, 0) is 18.4 Å². The van der Waals surface area contributed by atoms with Crippen LogP contribution in [0.1, 0.15) is 29.8 Å². The number of likely N-dealkylation sites (tertiary alicyclic amines) is 1. The zero-order valence-electron chi connectivity index (χ0n) is 16.4. The van der Waals surface area contributed by atoms with E-state index in [1.165, 1.54) is 10.9 Å². The minimum Gasteiger partial charge on any atom is -1.00 e. The number of benzene rings is 1. The van der Waals surface area contributed by atoms with E-state index in [2.05, 4.69) is 52.5 Å². The van der Waals surface area contributed by atoms with Gasteiger partial charge in [-0.15, -0.1) is 0 Å². The molecule has 3 heterocycles. The van der Waals surface area contributed by atoms with Gasteiger partial charge in [0.15, 0.2) is 6.20 Å². The highest BCUT2D eigenvalue weighted by atomic mass is 127. The second kappa shape index (κ2) is 8.90. The lowest BCUT2D eigenvalue weighted by molar-refractivity contribution is -0.673. The van der Waals surface area contributed by atoms with Gasteiger partial charge in [-0.1, -0.05) is 18.2 Å². The highest BCUT2D eigenvalue weighted by Gasteiger charge is 2.20. The van der Waals surface area contributed by atoms with Gasteiger partial charge in [-0.05, 0) is 38.0 Å².